The normalized spacial score (nSPS) is 14.8. The fourth-order valence-electron chi connectivity index (χ4n) is 3.25. The molecular weight excluding hydrogens is 328 g/mol. The Morgan fingerprint density at radius 3 is 2.42 bits per heavy atom. The standard InChI is InChI=1S/C21H26N2O3/c1-26-18-9-10-19(20(24)13-18)21(25)22-14-16-5-7-17(8-6-16)15-23-11-3-2-4-12-23/h5-10,13,24H,2-4,11-12,14-15H2,1H3,(H,22,25). The van der Waals surface area contributed by atoms with Crippen molar-refractivity contribution >= 4 is 5.91 Å². The molecule has 0 spiro atoms. The number of nitrogens with one attached hydrogen (secondary N) is 1. The van der Waals surface area contributed by atoms with E-state index in [9.17, 15) is 9.90 Å². The van der Waals surface area contributed by atoms with Gasteiger partial charge in [-0.3, -0.25) is 9.69 Å². The number of carbonyl (C=O) groups is 1. The second kappa shape index (κ2) is 8.72. The van der Waals surface area contributed by atoms with Gasteiger partial charge in [0.15, 0.2) is 0 Å². The van der Waals surface area contributed by atoms with Gasteiger partial charge in [0.2, 0.25) is 0 Å². The maximum absolute atomic E-state index is 12.2. The maximum atomic E-state index is 12.2. The Kier molecular flexibility index (Phi) is 6.12. The van der Waals surface area contributed by atoms with E-state index in [0.29, 0.717) is 12.3 Å². The van der Waals surface area contributed by atoms with E-state index in [-0.39, 0.29) is 17.2 Å². The number of carbonyl (C=O) groups excluding carboxylic acids is 1. The van der Waals surface area contributed by atoms with Crippen molar-refractivity contribution in [3.63, 3.8) is 0 Å². The Hall–Kier alpha value is -2.53. The third-order valence-electron chi connectivity index (χ3n) is 4.78. The first kappa shape index (κ1) is 18.3. The highest BCUT2D eigenvalue weighted by Gasteiger charge is 2.12. The minimum atomic E-state index is -0.303. The number of amides is 1. The van der Waals surface area contributed by atoms with Crippen molar-refractivity contribution in [2.75, 3.05) is 20.2 Å². The molecule has 0 saturated carbocycles. The average Bonchev–Trinajstić information content (AvgIpc) is 2.68. The Labute approximate surface area is 154 Å². The quantitative estimate of drug-likeness (QED) is 0.835. The smallest absolute Gasteiger partial charge is 0.255 e. The van der Waals surface area contributed by atoms with Crippen LogP contribution < -0.4 is 10.1 Å². The zero-order valence-corrected chi connectivity index (χ0v) is 15.2. The van der Waals surface area contributed by atoms with Gasteiger partial charge in [0, 0.05) is 19.2 Å². The van der Waals surface area contributed by atoms with Gasteiger partial charge in [-0.05, 0) is 49.2 Å². The Balaban J connectivity index is 1.53. The fraction of sp³-hybridized carbons (Fsp3) is 0.381. The molecular formula is C21H26N2O3. The largest absolute Gasteiger partial charge is 0.507 e. The predicted molar refractivity (Wildman–Crippen MR) is 101 cm³/mol. The van der Waals surface area contributed by atoms with E-state index in [4.69, 9.17) is 4.74 Å². The van der Waals surface area contributed by atoms with E-state index in [1.807, 2.05) is 12.1 Å². The molecule has 26 heavy (non-hydrogen) atoms. The Morgan fingerprint density at radius 2 is 1.77 bits per heavy atom. The maximum Gasteiger partial charge on any atom is 0.255 e. The molecule has 1 aliphatic heterocycles. The highest BCUT2D eigenvalue weighted by atomic mass is 16.5. The summed E-state index contributed by atoms with van der Waals surface area (Å²) in [7, 11) is 1.52. The van der Waals surface area contributed by atoms with Gasteiger partial charge in [-0.2, -0.15) is 0 Å². The molecule has 1 fully saturated rings. The third kappa shape index (κ3) is 4.76. The lowest BCUT2D eigenvalue weighted by atomic mass is 10.1. The lowest BCUT2D eigenvalue weighted by molar-refractivity contribution is 0.0948. The van der Waals surface area contributed by atoms with Crippen LogP contribution >= 0.6 is 0 Å². The van der Waals surface area contributed by atoms with Gasteiger partial charge >= 0.3 is 0 Å². The number of piperidine rings is 1. The summed E-state index contributed by atoms with van der Waals surface area (Å²) in [6, 6.07) is 13.0. The molecule has 2 aromatic rings. The molecule has 5 nitrogen and oxygen atoms in total. The van der Waals surface area contributed by atoms with Gasteiger partial charge < -0.3 is 15.2 Å². The van der Waals surface area contributed by atoms with E-state index >= 15 is 0 Å². The zero-order chi connectivity index (χ0) is 18.4. The second-order valence-electron chi connectivity index (χ2n) is 6.72. The minimum absolute atomic E-state index is 0.0845. The summed E-state index contributed by atoms with van der Waals surface area (Å²) < 4.78 is 5.03. The van der Waals surface area contributed by atoms with Crippen molar-refractivity contribution in [1.29, 1.82) is 0 Å². The van der Waals surface area contributed by atoms with Crippen LogP contribution in [-0.4, -0.2) is 36.1 Å². The summed E-state index contributed by atoms with van der Waals surface area (Å²) in [6.07, 6.45) is 3.93. The topological polar surface area (TPSA) is 61.8 Å². The summed E-state index contributed by atoms with van der Waals surface area (Å²) in [4.78, 5) is 14.7. The van der Waals surface area contributed by atoms with Crippen LogP contribution in [0.3, 0.4) is 0 Å². The monoisotopic (exact) mass is 354 g/mol. The van der Waals surface area contributed by atoms with Crippen molar-refractivity contribution in [3.8, 4) is 11.5 Å². The van der Waals surface area contributed by atoms with Gasteiger partial charge in [0.1, 0.15) is 11.5 Å². The molecule has 0 unspecified atom stereocenters. The summed E-state index contributed by atoms with van der Waals surface area (Å²) in [6.45, 7) is 3.78. The molecule has 0 aromatic heterocycles. The van der Waals surface area contributed by atoms with E-state index < -0.39 is 0 Å². The van der Waals surface area contributed by atoms with Gasteiger partial charge in [-0.25, -0.2) is 0 Å². The van der Waals surface area contributed by atoms with Crippen LogP contribution in [-0.2, 0) is 13.1 Å². The number of ether oxygens (including phenoxy) is 1. The first-order chi connectivity index (χ1) is 12.7. The van der Waals surface area contributed by atoms with Crippen molar-refractivity contribution in [3.05, 3.63) is 59.2 Å². The molecule has 1 saturated heterocycles. The summed E-state index contributed by atoms with van der Waals surface area (Å²) in [5.74, 6) is 0.129. The molecule has 0 bridgehead atoms. The SMILES string of the molecule is COc1ccc(C(=O)NCc2ccc(CN3CCCCC3)cc2)c(O)c1. The van der Waals surface area contributed by atoms with Crippen molar-refractivity contribution in [2.45, 2.75) is 32.4 Å². The fourth-order valence-corrected chi connectivity index (χ4v) is 3.25. The Morgan fingerprint density at radius 1 is 1.08 bits per heavy atom. The van der Waals surface area contributed by atoms with Crippen LogP contribution in [0.25, 0.3) is 0 Å². The molecule has 1 heterocycles. The summed E-state index contributed by atoms with van der Waals surface area (Å²) >= 11 is 0. The molecule has 0 aliphatic carbocycles. The Bertz CT molecular complexity index is 737. The molecule has 5 heteroatoms. The second-order valence-corrected chi connectivity index (χ2v) is 6.72. The number of phenols is 1. The number of phenolic OH excluding ortho intramolecular Hbond substituents is 1. The van der Waals surface area contributed by atoms with Gasteiger partial charge in [0.05, 0.1) is 12.7 Å². The van der Waals surface area contributed by atoms with Gasteiger partial charge in [-0.1, -0.05) is 30.7 Å². The number of rotatable bonds is 6. The first-order valence-electron chi connectivity index (χ1n) is 9.11. The molecule has 1 aliphatic rings. The average molecular weight is 354 g/mol. The van der Waals surface area contributed by atoms with Crippen LogP contribution in [0.2, 0.25) is 0 Å². The number of hydrogen-bond donors (Lipinski definition) is 2. The minimum Gasteiger partial charge on any atom is -0.507 e. The van der Waals surface area contributed by atoms with Crippen LogP contribution in [0, 0.1) is 0 Å². The van der Waals surface area contributed by atoms with Crippen LogP contribution in [0.1, 0.15) is 40.7 Å². The van der Waals surface area contributed by atoms with Crippen LogP contribution in [0.15, 0.2) is 42.5 Å². The number of methoxy groups -OCH3 is 1. The van der Waals surface area contributed by atoms with Crippen molar-refractivity contribution in [2.24, 2.45) is 0 Å². The van der Waals surface area contributed by atoms with Crippen LogP contribution in [0.4, 0.5) is 0 Å². The molecule has 3 rings (SSSR count). The van der Waals surface area contributed by atoms with Gasteiger partial charge in [-0.15, -0.1) is 0 Å². The number of aromatic hydroxyl groups is 1. The lowest BCUT2D eigenvalue weighted by Crippen LogP contribution is -2.29. The van der Waals surface area contributed by atoms with E-state index in [2.05, 4.69) is 22.3 Å². The lowest BCUT2D eigenvalue weighted by Gasteiger charge is -2.26. The number of nitrogens with zero attached hydrogens (tertiary/aromatic N) is 1. The number of likely N-dealkylation sites (tertiary alicyclic amines) is 1. The first-order valence-corrected chi connectivity index (χ1v) is 9.11. The van der Waals surface area contributed by atoms with E-state index in [1.54, 1.807) is 12.1 Å². The van der Waals surface area contributed by atoms with Crippen molar-refractivity contribution < 1.29 is 14.6 Å². The van der Waals surface area contributed by atoms with E-state index in [1.165, 1.54) is 51.1 Å². The van der Waals surface area contributed by atoms with Crippen LogP contribution in [0.5, 0.6) is 11.5 Å². The molecule has 1 amide bonds. The molecule has 0 atom stereocenters. The van der Waals surface area contributed by atoms with Gasteiger partial charge in [0.25, 0.3) is 5.91 Å². The molecule has 2 N–H and O–H groups in total. The highest BCUT2D eigenvalue weighted by molar-refractivity contribution is 5.96. The highest BCUT2D eigenvalue weighted by Crippen LogP contribution is 2.23. The molecule has 138 valence electrons. The summed E-state index contributed by atoms with van der Waals surface area (Å²) in [5.41, 5.74) is 2.58. The number of hydrogen-bond acceptors (Lipinski definition) is 4. The van der Waals surface area contributed by atoms with E-state index in [0.717, 1.165) is 12.1 Å². The molecule has 2 aromatic carbocycles. The summed E-state index contributed by atoms with van der Waals surface area (Å²) in [5, 5.41) is 12.8. The third-order valence-corrected chi connectivity index (χ3v) is 4.78. The zero-order valence-electron chi connectivity index (χ0n) is 15.2. The predicted octanol–water partition coefficient (Wildman–Crippen LogP) is 3.32. The van der Waals surface area contributed by atoms with Crippen molar-refractivity contribution in [1.82, 2.24) is 10.2 Å². The number of benzene rings is 2. The molecule has 0 radical (unpaired) electrons.